The van der Waals surface area contributed by atoms with Crippen LogP contribution in [-0.4, -0.2) is 79.2 Å². The molecule has 1 atom stereocenters. The van der Waals surface area contributed by atoms with Crippen molar-refractivity contribution in [1.82, 2.24) is 19.8 Å². The number of ether oxygens (including phenoxy) is 3. The normalized spacial score (nSPS) is 19.1. The van der Waals surface area contributed by atoms with Gasteiger partial charge in [0.25, 0.3) is 0 Å². The fourth-order valence-electron chi connectivity index (χ4n) is 7.12. The van der Waals surface area contributed by atoms with Crippen LogP contribution in [-0.2, 0) is 17.8 Å². The van der Waals surface area contributed by atoms with Gasteiger partial charge in [0.15, 0.2) is 11.5 Å². The first-order valence-corrected chi connectivity index (χ1v) is 16.2. The third-order valence-corrected chi connectivity index (χ3v) is 9.60. The number of para-hydroxylation sites is 2. The lowest BCUT2D eigenvalue weighted by Gasteiger charge is -2.34. The summed E-state index contributed by atoms with van der Waals surface area (Å²) in [7, 11) is 4.76. The first-order valence-electron chi connectivity index (χ1n) is 16.2. The smallest absolute Gasteiger partial charge is 0.229 e. The standard InChI is InChI=1S/C36H44FN5O4/c1-44-31-21-26(22-32(45-2)33(31)46-3)24-42-20-16-36(34(42)43,23-25-9-11-27(37)12-10-25)15-6-17-41-18-13-28(14-19-41)38-35-39-29-7-4-5-8-30(29)40-35/h4-5,7-12,21-22,28H,6,13-20,23-24H2,1-3H3,(H2,38,39,40). The Bertz CT molecular complexity index is 1580. The minimum Gasteiger partial charge on any atom is -0.493 e. The molecule has 2 N–H and O–H groups in total. The number of aromatic nitrogens is 2. The SMILES string of the molecule is COc1cc(CN2CCC(CCCN3CCC(Nc4nc5ccccc5[nH]4)CC3)(Cc3ccc(F)cc3)C2=O)cc(OC)c1OC. The van der Waals surface area contributed by atoms with Crippen LogP contribution in [0.5, 0.6) is 17.2 Å². The minimum absolute atomic E-state index is 0.152. The molecular weight excluding hydrogens is 585 g/mol. The number of fused-ring (bicyclic) bond motifs is 1. The molecule has 2 aliphatic heterocycles. The molecule has 244 valence electrons. The van der Waals surface area contributed by atoms with Gasteiger partial charge >= 0.3 is 0 Å². The molecule has 2 aliphatic rings. The number of anilines is 1. The van der Waals surface area contributed by atoms with Gasteiger partial charge < -0.3 is 34.3 Å². The number of amides is 1. The van der Waals surface area contributed by atoms with Crippen LogP contribution in [0.1, 0.15) is 43.2 Å². The Balaban J connectivity index is 1.08. The van der Waals surface area contributed by atoms with Gasteiger partial charge in [-0.05, 0) is 92.6 Å². The third-order valence-electron chi connectivity index (χ3n) is 9.60. The minimum atomic E-state index is -0.528. The van der Waals surface area contributed by atoms with Crippen molar-refractivity contribution in [2.45, 2.75) is 51.1 Å². The van der Waals surface area contributed by atoms with E-state index < -0.39 is 5.41 Å². The molecule has 1 unspecified atom stereocenters. The van der Waals surface area contributed by atoms with Crippen molar-refractivity contribution in [2.75, 3.05) is 52.8 Å². The summed E-state index contributed by atoms with van der Waals surface area (Å²) in [5.41, 5.74) is 3.39. The zero-order chi connectivity index (χ0) is 32.1. The van der Waals surface area contributed by atoms with Crippen molar-refractivity contribution >= 4 is 22.9 Å². The van der Waals surface area contributed by atoms with E-state index in [0.717, 1.165) is 79.8 Å². The van der Waals surface area contributed by atoms with Gasteiger partial charge in [-0.1, -0.05) is 24.3 Å². The van der Waals surface area contributed by atoms with Gasteiger partial charge in [-0.3, -0.25) is 4.79 Å². The monoisotopic (exact) mass is 629 g/mol. The number of nitrogens with one attached hydrogen (secondary N) is 2. The number of methoxy groups -OCH3 is 3. The topological polar surface area (TPSA) is 92.0 Å². The maximum atomic E-state index is 14.2. The molecule has 0 bridgehead atoms. The Kier molecular flexibility index (Phi) is 9.63. The Morgan fingerprint density at radius 3 is 2.35 bits per heavy atom. The Hall–Kier alpha value is -4.31. The largest absolute Gasteiger partial charge is 0.493 e. The van der Waals surface area contributed by atoms with E-state index in [-0.39, 0.29) is 11.7 Å². The number of nitrogens with zero attached hydrogens (tertiary/aromatic N) is 3. The number of H-pyrrole nitrogens is 1. The van der Waals surface area contributed by atoms with E-state index in [4.69, 9.17) is 14.2 Å². The fraction of sp³-hybridized carbons (Fsp3) is 0.444. The van der Waals surface area contributed by atoms with E-state index in [9.17, 15) is 9.18 Å². The van der Waals surface area contributed by atoms with Crippen molar-refractivity contribution in [3.63, 3.8) is 0 Å². The van der Waals surface area contributed by atoms with E-state index >= 15 is 0 Å². The number of likely N-dealkylation sites (tertiary alicyclic amines) is 2. The Morgan fingerprint density at radius 2 is 1.67 bits per heavy atom. The van der Waals surface area contributed by atoms with Crippen LogP contribution in [0.15, 0.2) is 60.7 Å². The molecule has 2 fully saturated rings. The number of hydrogen-bond donors (Lipinski definition) is 2. The molecule has 3 heterocycles. The maximum absolute atomic E-state index is 14.2. The van der Waals surface area contributed by atoms with E-state index in [1.54, 1.807) is 21.3 Å². The number of hydrogen-bond acceptors (Lipinski definition) is 7. The molecule has 9 nitrogen and oxygen atoms in total. The predicted molar refractivity (Wildman–Crippen MR) is 177 cm³/mol. The van der Waals surface area contributed by atoms with E-state index in [2.05, 4.69) is 20.2 Å². The van der Waals surface area contributed by atoms with Crippen LogP contribution >= 0.6 is 0 Å². The van der Waals surface area contributed by atoms with Crippen molar-refractivity contribution in [1.29, 1.82) is 0 Å². The Labute approximate surface area is 270 Å². The first kappa shape index (κ1) is 31.7. The molecule has 4 aromatic rings. The lowest BCUT2D eigenvalue weighted by Crippen LogP contribution is -2.40. The van der Waals surface area contributed by atoms with Crippen LogP contribution in [0.25, 0.3) is 11.0 Å². The lowest BCUT2D eigenvalue weighted by molar-refractivity contribution is -0.137. The number of carbonyl (C=O) groups excluding carboxylic acids is 1. The number of rotatable bonds is 13. The summed E-state index contributed by atoms with van der Waals surface area (Å²) in [6.07, 6.45) is 5.15. The van der Waals surface area contributed by atoms with Crippen molar-refractivity contribution in [3.8, 4) is 17.2 Å². The van der Waals surface area contributed by atoms with Crippen LogP contribution in [0.3, 0.4) is 0 Å². The molecule has 0 spiro atoms. The highest BCUT2D eigenvalue weighted by Gasteiger charge is 2.46. The first-order chi connectivity index (χ1) is 22.4. The van der Waals surface area contributed by atoms with Gasteiger partial charge in [0.2, 0.25) is 17.6 Å². The number of halogens is 1. The number of aromatic amines is 1. The molecule has 10 heteroatoms. The second-order valence-corrected chi connectivity index (χ2v) is 12.6. The number of imidazole rings is 1. The quantitative estimate of drug-likeness (QED) is 0.186. The molecule has 0 aliphatic carbocycles. The van der Waals surface area contributed by atoms with Gasteiger partial charge in [0.1, 0.15) is 5.82 Å². The zero-order valence-electron chi connectivity index (χ0n) is 27.0. The molecule has 2 saturated heterocycles. The lowest BCUT2D eigenvalue weighted by atomic mass is 9.76. The average Bonchev–Trinajstić information content (AvgIpc) is 3.62. The molecule has 3 aromatic carbocycles. The van der Waals surface area contributed by atoms with E-state index in [1.165, 1.54) is 12.1 Å². The van der Waals surface area contributed by atoms with Gasteiger partial charge in [-0.15, -0.1) is 0 Å². The molecule has 1 amide bonds. The summed E-state index contributed by atoms with van der Waals surface area (Å²) in [4.78, 5) is 26.7. The van der Waals surface area contributed by atoms with Gasteiger partial charge in [0.05, 0.1) is 37.8 Å². The summed E-state index contributed by atoms with van der Waals surface area (Å²) in [6.45, 7) is 4.07. The van der Waals surface area contributed by atoms with E-state index in [0.29, 0.717) is 42.8 Å². The molecule has 0 radical (unpaired) electrons. The second-order valence-electron chi connectivity index (χ2n) is 12.6. The van der Waals surface area contributed by atoms with Gasteiger partial charge in [-0.2, -0.15) is 0 Å². The van der Waals surface area contributed by atoms with E-state index in [1.807, 2.05) is 53.4 Å². The highest BCUT2D eigenvalue weighted by atomic mass is 19.1. The summed E-state index contributed by atoms with van der Waals surface area (Å²) >= 11 is 0. The molecule has 0 saturated carbocycles. The molecule has 46 heavy (non-hydrogen) atoms. The van der Waals surface area contributed by atoms with Gasteiger partial charge in [0, 0.05) is 32.2 Å². The highest BCUT2D eigenvalue weighted by molar-refractivity contribution is 5.85. The number of benzene rings is 3. The average molecular weight is 630 g/mol. The van der Waals surface area contributed by atoms with Crippen molar-refractivity contribution in [3.05, 3.63) is 77.6 Å². The number of piperidine rings is 1. The van der Waals surface area contributed by atoms with Crippen LogP contribution in [0.4, 0.5) is 10.3 Å². The zero-order valence-corrected chi connectivity index (χ0v) is 27.0. The second kappa shape index (κ2) is 14.0. The molecular formula is C36H44FN5O4. The maximum Gasteiger partial charge on any atom is 0.229 e. The van der Waals surface area contributed by atoms with Crippen LogP contribution in [0, 0.1) is 11.2 Å². The fourth-order valence-corrected chi connectivity index (χ4v) is 7.12. The van der Waals surface area contributed by atoms with Crippen molar-refractivity contribution in [2.24, 2.45) is 5.41 Å². The molecule has 1 aromatic heterocycles. The summed E-state index contributed by atoms with van der Waals surface area (Å²) < 4.78 is 30.3. The number of carbonyl (C=O) groups is 1. The predicted octanol–water partition coefficient (Wildman–Crippen LogP) is 6.05. The van der Waals surface area contributed by atoms with Crippen molar-refractivity contribution < 1.29 is 23.4 Å². The summed E-state index contributed by atoms with van der Waals surface area (Å²) in [5.74, 6) is 2.38. The van der Waals surface area contributed by atoms with Gasteiger partial charge in [-0.25, -0.2) is 9.37 Å². The summed E-state index contributed by atoms with van der Waals surface area (Å²) in [5, 5.41) is 3.59. The van der Waals surface area contributed by atoms with Crippen LogP contribution in [0.2, 0.25) is 0 Å². The molecule has 6 rings (SSSR count). The highest BCUT2D eigenvalue weighted by Crippen LogP contribution is 2.42. The third kappa shape index (κ3) is 6.92. The van der Waals surface area contributed by atoms with Crippen LogP contribution < -0.4 is 19.5 Å². The summed E-state index contributed by atoms with van der Waals surface area (Å²) in [6, 6.07) is 18.9. The Morgan fingerprint density at radius 1 is 0.957 bits per heavy atom.